The van der Waals surface area contributed by atoms with Gasteiger partial charge in [0.15, 0.2) is 0 Å². The first kappa shape index (κ1) is 14.4. The van der Waals surface area contributed by atoms with Crippen LogP contribution in [-0.2, 0) is 0 Å². The molecule has 0 saturated carbocycles. The van der Waals surface area contributed by atoms with Gasteiger partial charge >= 0.3 is 0 Å². The predicted molar refractivity (Wildman–Crippen MR) is 74.2 cm³/mol. The fourth-order valence-electron chi connectivity index (χ4n) is 1.65. The highest BCUT2D eigenvalue weighted by Gasteiger charge is 2.25. The van der Waals surface area contributed by atoms with Gasteiger partial charge in [-0.05, 0) is 30.5 Å². The number of halogens is 1. The Morgan fingerprint density at radius 3 is 2.35 bits per heavy atom. The van der Waals surface area contributed by atoms with Gasteiger partial charge in [-0.3, -0.25) is 4.79 Å². The molecule has 1 aromatic rings. The Bertz CT molecular complexity index is 379. The average molecular weight is 273 g/mol. The Balaban J connectivity index is 0.00000144. The summed E-state index contributed by atoms with van der Waals surface area (Å²) in [5.41, 5.74) is 0.771. The maximum atomic E-state index is 12.1. The molecule has 5 heteroatoms. The molecule has 1 heterocycles. The van der Waals surface area contributed by atoms with Crippen molar-refractivity contribution in [2.75, 3.05) is 26.4 Å². The van der Waals surface area contributed by atoms with Crippen LogP contribution in [0.4, 0.5) is 0 Å². The van der Waals surface area contributed by atoms with Crippen LogP contribution >= 0.6 is 24.2 Å². The highest BCUT2D eigenvalue weighted by molar-refractivity contribution is 7.98. The third-order valence-corrected chi connectivity index (χ3v) is 3.71. The largest absolute Gasteiger partial charge is 0.336 e. The Kier molecular flexibility index (Phi) is 5.31. The van der Waals surface area contributed by atoms with E-state index in [0.717, 1.165) is 18.7 Å². The molecule has 1 aliphatic rings. The number of rotatable bonds is 3. The average Bonchev–Trinajstić information content (AvgIpc) is 2.26. The molecule has 0 spiro atoms. The predicted octanol–water partition coefficient (Wildman–Crippen LogP) is 1.87. The first-order valence-corrected chi connectivity index (χ1v) is 6.57. The molecule has 1 aliphatic heterocycles. The molecule has 0 unspecified atom stereocenters. The minimum Gasteiger partial charge on any atom is -0.336 e. The van der Waals surface area contributed by atoms with E-state index in [4.69, 9.17) is 0 Å². The van der Waals surface area contributed by atoms with Gasteiger partial charge in [0, 0.05) is 30.6 Å². The van der Waals surface area contributed by atoms with E-state index in [1.807, 2.05) is 42.5 Å². The molecule has 1 N–H and O–H groups in total. The van der Waals surface area contributed by atoms with Crippen molar-refractivity contribution in [3.05, 3.63) is 29.8 Å². The molecule has 0 bridgehead atoms. The number of hydrogen-bond acceptors (Lipinski definition) is 3. The normalized spacial score (nSPS) is 14.7. The van der Waals surface area contributed by atoms with Gasteiger partial charge < -0.3 is 10.2 Å². The van der Waals surface area contributed by atoms with E-state index in [1.165, 1.54) is 4.90 Å². The fourth-order valence-corrected chi connectivity index (χ4v) is 2.06. The van der Waals surface area contributed by atoms with Crippen molar-refractivity contribution in [3.63, 3.8) is 0 Å². The number of thioether (sulfide) groups is 1. The van der Waals surface area contributed by atoms with E-state index in [2.05, 4.69) is 5.32 Å². The molecule has 2 rings (SSSR count). The Morgan fingerprint density at radius 1 is 1.35 bits per heavy atom. The number of carbonyl (C=O) groups is 1. The second kappa shape index (κ2) is 6.28. The highest BCUT2D eigenvalue weighted by Crippen LogP contribution is 2.16. The summed E-state index contributed by atoms with van der Waals surface area (Å²) in [6.07, 6.45) is 2.03. The number of nitrogens with one attached hydrogen (secondary N) is 1. The molecule has 0 atom stereocenters. The lowest BCUT2D eigenvalue weighted by molar-refractivity contribution is 0.0681. The maximum absolute atomic E-state index is 12.1. The van der Waals surface area contributed by atoms with Crippen LogP contribution < -0.4 is 5.32 Å². The monoisotopic (exact) mass is 272 g/mol. The summed E-state index contributed by atoms with van der Waals surface area (Å²) >= 11 is 1.68. The number of amides is 1. The fraction of sp³-hybridized carbons (Fsp3) is 0.417. The zero-order valence-electron chi connectivity index (χ0n) is 9.97. The minimum atomic E-state index is 0. The summed E-state index contributed by atoms with van der Waals surface area (Å²) in [6.45, 7) is 1.82. The van der Waals surface area contributed by atoms with Crippen molar-refractivity contribution in [1.29, 1.82) is 0 Å². The number of benzene rings is 1. The van der Waals surface area contributed by atoms with E-state index in [0.29, 0.717) is 6.04 Å². The zero-order chi connectivity index (χ0) is 11.5. The molecule has 0 radical (unpaired) electrons. The Labute approximate surface area is 112 Å². The third-order valence-electron chi connectivity index (χ3n) is 2.96. The molecule has 17 heavy (non-hydrogen) atoms. The van der Waals surface area contributed by atoms with Crippen molar-refractivity contribution in [2.24, 2.45) is 0 Å². The standard InChI is InChI=1S/C12H16N2OS.ClH/c1-14(10-7-13-8-10)12(15)9-3-5-11(16-2)6-4-9;/h3-6,10,13H,7-8H2,1-2H3;1H. The van der Waals surface area contributed by atoms with Crippen LogP contribution in [0.1, 0.15) is 10.4 Å². The van der Waals surface area contributed by atoms with Gasteiger partial charge in [-0.1, -0.05) is 0 Å². The van der Waals surface area contributed by atoms with E-state index in [1.54, 1.807) is 11.8 Å². The summed E-state index contributed by atoms with van der Waals surface area (Å²) in [6, 6.07) is 8.14. The minimum absolute atomic E-state index is 0. The van der Waals surface area contributed by atoms with E-state index in [-0.39, 0.29) is 18.3 Å². The molecule has 3 nitrogen and oxygen atoms in total. The lowest BCUT2D eigenvalue weighted by Gasteiger charge is -2.35. The van der Waals surface area contributed by atoms with Crippen molar-refractivity contribution < 1.29 is 4.79 Å². The van der Waals surface area contributed by atoms with E-state index in [9.17, 15) is 4.79 Å². The molecule has 1 saturated heterocycles. The van der Waals surface area contributed by atoms with Crippen LogP contribution in [0.3, 0.4) is 0 Å². The summed E-state index contributed by atoms with van der Waals surface area (Å²) in [4.78, 5) is 15.1. The van der Waals surface area contributed by atoms with Gasteiger partial charge in [0.2, 0.25) is 0 Å². The smallest absolute Gasteiger partial charge is 0.253 e. The molecule has 0 aliphatic carbocycles. The molecule has 1 aromatic carbocycles. The first-order chi connectivity index (χ1) is 7.72. The second-order valence-electron chi connectivity index (χ2n) is 3.96. The van der Waals surface area contributed by atoms with Gasteiger partial charge in [-0.2, -0.15) is 0 Å². The quantitative estimate of drug-likeness (QED) is 0.853. The Hall–Kier alpha value is -0.710. The SMILES string of the molecule is CSc1ccc(C(=O)N(C)C2CNC2)cc1.Cl. The Morgan fingerprint density at radius 2 is 1.94 bits per heavy atom. The van der Waals surface area contributed by atoms with Gasteiger partial charge in [0.1, 0.15) is 0 Å². The molecule has 94 valence electrons. The molecular weight excluding hydrogens is 256 g/mol. The summed E-state index contributed by atoms with van der Waals surface area (Å²) < 4.78 is 0. The lowest BCUT2D eigenvalue weighted by Crippen LogP contribution is -2.57. The van der Waals surface area contributed by atoms with Crippen LogP contribution in [0.25, 0.3) is 0 Å². The highest BCUT2D eigenvalue weighted by atomic mass is 35.5. The van der Waals surface area contributed by atoms with Crippen LogP contribution in [0.2, 0.25) is 0 Å². The van der Waals surface area contributed by atoms with Crippen molar-refractivity contribution >= 4 is 30.1 Å². The zero-order valence-corrected chi connectivity index (χ0v) is 11.6. The molecule has 1 amide bonds. The first-order valence-electron chi connectivity index (χ1n) is 5.34. The van der Waals surface area contributed by atoms with Crippen molar-refractivity contribution in [3.8, 4) is 0 Å². The van der Waals surface area contributed by atoms with Crippen molar-refractivity contribution in [2.45, 2.75) is 10.9 Å². The van der Waals surface area contributed by atoms with Crippen LogP contribution in [0.5, 0.6) is 0 Å². The number of likely N-dealkylation sites (N-methyl/N-ethyl adjacent to an activating group) is 1. The topological polar surface area (TPSA) is 32.3 Å². The number of nitrogens with zero attached hydrogens (tertiary/aromatic N) is 1. The molecular formula is C12H17ClN2OS. The van der Waals surface area contributed by atoms with Crippen molar-refractivity contribution in [1.82, 2.24) is 10.2 Å². The summed E-state index contributed by atoms with van der Waals surface area (Å²) in [5, 5.41) is 3.17. The summed E-state index contributed by atoms with van der Waals surface area (Å²) in [5.74, 6) is 0.110. The maximum Gasteiger partial charge on any atom is 0.253 e. The van der Waals surface area contributed by atoms with Gasteiger partial charge in [-0.15, -0.1) is 24.2 Å². The van der Waals surface area contributed by atoms with E-state index >= 15 is 0 Å². The van der Waals surface area contributed by atoms with Crippen LogP contribution in [0, 0.1) is 0 Å². The van der Waals surface area contributed by atoms with Crippen LogP contribution in [-0.4, -0.2) is 43.2 Å². The number of hydrogen-bond donors (Lipinski definition) is 1. The van der Waals surface area contributed by atoms with Crippen LogP contribution in [0.15, 0.2) is 29.2 Å². The third kappa shape index (κ3) is 3.15. The summed E-state index contributed by atoms with van der Waals surface area (Å²) in [7, 11) is 1.87. The van der Waals surface area contributed by atoms with E-state index < -0.39 is 0 Å². The lowest BCUT2D eigenvalue weighted by atomic mass is 10.1. The van der Waals surface area contributed by atoms with Gasteiger partial charge in [0.25, 0.3) is 5.91 Å². The van der Waals surface area contributed by atoms with Gasteiger partial charge in [-0.25, -0.2) is 0 Å². The second-order valence-corrected chi connectivity index (χ2v) is 4.84. The van der Waals surface area contributed by atoms with Gasteiger partial charge in [0.05, 0.1) is 6.04 Å². The molecule has 1 fully saturated rings. The number of carbonyl (C=O) groups excluding carboxylic acids is 1. The molecule has 0 aromatic heterocycles.